The first-order valence-electron chi connectivity index (χ1n) is 7.06. The second kappa shape index (κ2) is 7.28. The topological polar surface area (TPSA) is 20.3 Å². The molecular weight excluding hydrogens is 459 g/mol. The molecule has 0 saturated carbocycles. The normalized spacial score (nSPS) is 15.5. The molecule has 0 aromatic rings. The molecule has 0 aliphatic rings. The van der Waals surface area contributed by atoms with Gasteiger partial charge in [0.25, 0.3) is 5.91 Å². The van der Waals surface area contributed by atoms with Gasteiger partial charge < -0.3 is 4.90 Å². The summed E-state index contributed by atoms with van der Waals surface area (Å²) in [7, 11) is 0. The van der Waals surface area contributed by atoms with Crippen LogP contribution in [0.4, 0.5) is 65.9 Å². The summed E-state index contributed by atoms with van der Waals surface area (Å²) in [5.41, 5.74) is 0. The molecule has 0 saturated heterocycles. The molecule has 0 bridgehead atoms. The Labute approximate surface area is 151 Å². The third kappa shape index (κ3) is 3.57. The van der Waals surface area contributed by atoms with Gasteiger partial charge in [-0.25, -0.2) is 0 Å². The highest BCUT2D eigenvalue weighted by Crippen LogP contribution is 2.62. The van der Waals surface area contributed by atoms with Crippen LogP contribution < -0.4 is 0 Å². The van der Waals surface area contributed by atoms with Crippen molar-refractivity contribution < 1.29 is 70.7 Å². The molecule has 17 heteroatoms. The molecule has 29 heavy (non-hydrogen) atoms. The van der Waals surface area contributed by atoms with Crippen LogP contribution >= 0.6 is 0 Å². The average molecular weight is 469 g/mol. The number of nitrogens with zero attached hydrogens (tertiary/aromatic N) is 1. The van der Waals surface area contributed by atoms with Gasteiger partial charge in [-0.15, -0.1) is 0 Å². The van der Waals surface area contributed by atoms with Crippen molar-refractivity contribution in [3.8, 4) is 0 Å². The van der Waals surface area contributed by atoms with Gasteiger partial charge in [0.05, 0.1) is 0 Å². The fourth-order valence-electron chi connectivity index (χ4n) is 1.81. The first-order chi connectivity index (χ1) is 12.4. The SMILES string of the molecule is CCN(CC)C(=O)C(F)(F)C(F)(F)C(F)(F)C(F)(F)C(F)(F)C(F)(F)C(F)(F)F. The highest BCUT2D eigenvalue weighted by Gasteiger charge is 2.94. The van der Waals surface area contributed by atoms with Crippen molar-refractivity contribution in [2.75, 3.05) is 13.1 Å². The van der Waals surface area contributed by atoms with E-state index in [1.54, 1.807) is 0 Å². The van der Waals surface area contributed by atoms with Gasteiger partial charge in [-0.05, 0) is 13.8 Å². The number of amides is 1. The smallest absolute Gasteiger partial charge is 0.338 e. The number of hydrogen-bond acceptors (Lipinski definition) is 1. The lowest BCUT2D eigenvalue weighted by Gasteiger charge is -2.41. The predicted octanol–water partition coefficient (Wildman–Crippen LogP) is 5.23. The van der Waals surface area contributed by atoms with Crippen LogP contribution in [0.1, 0.15) is 13.8 Å². The van der Waals surface area contributed by atoms with Crippen LogP contribution in [-0.4, -0.2) is 65.6 Å². The molecule has 174 valence electrons. The van der Waals surface area contributed by atoms with E-state index in [9.17, 15) is 70.7 Å². The van der Waals surface area contributed by atoms with Gasteiger partial charge in [-0.1, -0.05) is 0 Å². The van der Waals surface area contributed by atoms with E-state index in [0.29, 0.717) is 0 Å². The van der Waals surface area contributed by atoms with Crippen LogP contribution in [0, 0.1) is 0 Å². The van der Waals surface area contributed by atoms with Crippen molar-refractivity contribution in [2.24, 2.45) is 0 Å². The number of rotatable bonds is 8. The van der Waals surface area contributed by atoms with Gasteiger partial charge in [-0.3, -0.25) is 4.79 Å². The number of carbonyl (C=O) groups excluding carboxylic acids is 1. The van der Waals surface area contributed by atoms with E-state index in [0.717, 1.165) is 13.8 Å². The van der Waals surface area contributed by atoms with Gasteiger partial charge in [-0.2, -0.15) is 65.9 Å². The molecule has 0 aromatic heterocycles. The lowest BCUT2D eigenvalue weighted by molar-refractivity contribution is -0.449. The molecule has 0 rings (SSSR count). The molecule has 0 aromatic carbocycles. The van der Waals surface area contributed by atoms with Crippen LogP contribution in [0.3, 0.4) is 0 Å². The molecular formula is C12H10F15NO. The molecule has 0 unspecified atom stereocenters. The zero-order chi connectivity index (χ0) is 24.1. The first kappa shape index (κ1) is 27.4. The maximum atomic E-state index is 13.6. The summed E-state index contributed by atoms with van der Waals surface area (Å²) < 4.78 is 194. The fourth-order valence-corrected chi connectivity index (χ4v) is 1.81. The second-order valence-electron chi connectivity index (χ2n) is 5.42. The molecule has 0 heterocycles. The number of hydrogen-bond donors (Lipinski definition) is 0. The minimum atomic E-state index is -8.39. The molecule has 0 spiro atoms. The summed E-state index contributed by atoms with van der Waals surface area (Å²) in [5, 5.41) is 0. The number of halogens is 15. The van der Waals surface area contributed by atoms with Crippen molar-refractivity contribution in [3.63, 3.8) is 0 Å². The Morgan fingerprint density at radius 2 is 0.828 bits per heavy atom. The third-order valence-corrected chi connectivity index (χ3v) is 3.65. The summed E-state index contributed by atoms with van der Waals surface area (Å²) in [6.07, 6.45) is -7.66. The van der Waals surface area contributed by atoms with E-state index in [1.165, 1.54) is 0 Å². The Balaban J connectivity index is 6.61. The minimum Gasteiger partial charge on any atom is -0.338 e. The lowest BCUT2D eigenvalue weighted by Crippen LogP contribution is -2.74. The van der Waals surface area contributed by atoms with Crippen molar-refractivity contribution in [1.82, 2.24) is 4.90 Å². The van der Waals surface area contributed by atoms with Gasteiger partial charge >= 0.3 is 41.7 Å². The fraction of sp³-hybridized carbons (Fsp3) is 0.917. The summed E-state index contributed by atoms with van der Waals surface area (Å²) in [4.78, 5) is 10.9. The molecule has 0 aliphatic heterocycles. The summed E-state index contributed by atoms with van der Waals surface area (Å²) >= 11 is 0. The quantitative estimate of drug-likeness (QED) is 0.446. The van der Waals surface area contributed by atoms with Gasteiger partial charge in [0.1, 0.15) is 0 Å². The van der Waals surface area contributed by atoms with Crippen molar-refractivity contribution >= 4 is 5.91 Å². The molecule has 0 N–H and O–H groups in total. The molecule has 0 atom stereocenters. The average Bonchev–Trinajstić information content (AvgIpc) is 2.53. The van der Waals surface area contributed by atoms with E-state index < -0.39 is 60.7 Å². The predicted molar refractivity (Wildman–Crippen MR) is 63.7 cm³/mol. The Morgan fingerprint density at radius 3 is 1.10 bits per heavy atom. The zero-order valence-electron chi connectivity index (χ0n) is 13.9. The van der Waals surface area contributed by atoms with E-state index in [2.05, 4.69) is 0 Å². The first-order valence-corrected chi connectivity index (χ1v) is 7.06. The second-order valence-corrected chi connectivity index (χ2v) is 5.42. The van der Waals surface area contributed by atoms with Crippen LogP contribution in [0.2, 0.25) is 0 Å². The zero-order valence-corrected chi connectivity index (χ0v) is 13.9. The molecule has 2 nitrogen and oxygen atoms in total. The largest absolute Gasteiger partial charge is 0.460 e. The van der Waals surface area contributed by atoms with Gasteiger partial charge in [0.15, 0.2) is 0 Å². The highest BCUT2D eigenvalue weighted by molar-refractivity contribution is 5.85. The van der Waals surface area contributed by atoms with E-state index in [1.807, 2.05) is 0 Å². The van der Waals surface area contributed by atoms with Crippen molar-refractivity contribution in [1.29, 1.82) is 0 Å². The standard InChI is InChI=1S/C12H10F15NO/c1-3-28(4-2)5(29)6(13,14)7(15,16)8(17,18)9(19,20)10(21,22)11(23,24)12(25,26)27/h3-4H2,1-2H3. The summed E-state index contributed by atoms with van der Waals surface area (Å²) in [6, 6.07) is 0. The molecule has 1 amide bonds. The summed E-state index contributed by atoms with van der Waals surface area (Å²) in [5.74, 6) is -51.0. The molecule has 0 fully saturated rings. The van der Waals surface area contributed by atoms with Crippen LogP contribution in [0.5, 0.6) is 0 Å². The van der Waals surface area contributed by atoms with Crippen LogP contribution in [0.15, 0.2) is 0 Å². The number of carbonyl (C=O) groups is 1. The van der Waals surface area contributed by atoms with Crippen molar-refractivity contribution in [3.05, 3.63) is 0 Å². The van der Waals surface area contributed by atoms with Gasteiger partial charge in [0, 0.05) is 13.1 Å². The lowest BCUT2D eigenvalue weighted by atomic mass is 9.90. The molecule has 0 radical (unpaired) electrons. The van der Waals surface area contributed by atoms with Gasteiger partial charge in [0.2, 0.25) is 0 Å². The Morgan fingerprint density at radius 1 is 0.552 bits per heavy atom. The maximum Gasteiger partial charge on any atom is 0.460 e. The summed E-state index contributed by atoms with van der Waals surface area (Å²) in [6.45, 7) is -0.155. The van der Waals surface area contributed by atoms with Crippen molar-refractivity contribution in [2.45, 2.75) is 55.6 Å². The Hall–Kier alpha value is -1.58. The van der Waals surface area contributed by atoms with Crippen LogP contribution in [0.25, 0.3) is 0 Å². The minimum absolute atomic E-state index is 0.329. The third-order valence-electron chi connectivity index (χ3n) is 3.65. The number of alkyl halides is 15. The highest BCUT2D eigenvalue weighted by atomic mass is 19.4. The van der Waals surface area contributed by atoms with E-state index in [-0.39, 0.29) is 4.90 Å². The maximum absolute atomic E-state index is 13.6. The Bertz CT molecular complexity index is 605. The Kier molecular flexibility index (Phi) is 6.88. The molecule has 0 aliphatic carbocycles. The van der Waals surface area contributed by atoms with Crippen LogP contribution in [-0.2, 0) is 4.79 Å². The monoisotopic (exact) mass is 469 g/mol. The van der Waals surface area contributed by atoms with E-state index in [4.69, 9.17) is 0 Å². The van der Waals surface area contributed by atoms with E-state index >= 15 is 0 Å².